The standard InChI is InChI=1S/C15H21NO/c1-2-13-9-5-6-10-14(13)16-15(17)11-12-7-3-4-8-12/h5-6,9-10,12H,2-4,7-8,11H2,1H3,(H,16,17). The fraction of sp³-hybridized carbons (Fsp3) is 0.533. The van der Waals surface area contributed by atoms with Gasteiger partial charge in [0.1, 0.15) is 0 Å². The van der Waals surface area contributed by atoms with Crippen LogP contribution in [0.15, 0.2) is 24.3 Å². The number of nitrogens with one attached hydrogen (secondary N) is 1. The van der Waals surface area contributed by atoms with Gasteiger partial charge in [0.2, 0.25) is 5.91 Å². The van der Waals surface area contributed by atoms with Crippen LogP contribution in [0, 0.1) is 5.92 Å². The number of aryl methyl sites for hydroxylation is 1. The first kappa shape index (κ1) is 12.2. The number of anilines is 1. The zero-order valence-corrected chi connectivity index (χ0v) is 10.5. The maximum Gasteiger partial charge on any atom is 0.224 e. The van der Waals surface area contributed by atoms with Gasteiger partial charge in [0.25, 0.3) is 0 Å². The van der Waals surface area contributed by atoms with E-state index in [1.165, 1.54) is 31.2 Å². The van der Waals surface area contributed by atoms with Crippen molar-refractivity contribution in [3.05, 3.63) is 29.8 Å². The Hall–Kier alpha value is -1.31. The smallest absolute Gasteiger partial charge is 0.224 e. The van der Waals surface area contributed by atoms with Crippen molar-refractivity contribution < 1.29 is 4.79 Å². The highest BCUT2D eigenvalue weighted by Crippen LogP contribution is 2.28. The Morgan fingerprint density at radius 1 is 1.29 bits per heavy atom. The molecule has 92 valence electrons. The topological polar surface area (TPSA) is 29.1 Å². The summed E-state index contributed by atoms with van der Waals surface area (Å²) in [7, 11) is 0. The summed E-state index contributed by atoms with van der Waals surface area (Å²) in [6, 6.07) is 8.06. The molecule has 1 fully saturated rings. The van der Waals surface area contributed by atoms with E-state index in [0.29, 0.717) is 12.3 Å². The van der Waals surface area contributed by atoms with E-state index in [2.05, 4.69) is 18.3 Å². The van der Waals surface area contributed by atoms with Gasteiger partial charge in [-0.2, -0.15) is 0 Å². The lowest BCUT2D eigenvalue weighted by molar-refractivity contribution is -0.117. The van der Waals surface area contributed by atoms with Crippen LogP contribution in [0.5, 0.6) is 0 Å². The van der Waals surface area contributed by atoms with Gasteiger partial charge in [-0.05, 0) is 36.8 Å². The minimum Gasteiger partial charge on any atom is -0.326 e. The first-order valence-electron chi connectivity index (χ1n) is 6.67. The van der Waals surface area contributed by atoms with Crippen LogP contribution in [-0.4, -0.2) is 5.91 Å². The third kappa shape index (κ3) is 3.32. The van der Waals surface area contributed by atoms with Crippen molar-refractivity contribution in [2.45, 2.75) is 45.4 Å². The molecule has 0 aliphatic heterocycles. The monoisotopic (exact) mass is 231 g/mol. The SMILES string of the molecule is CCc1ccccc1NC(=O)CC1CCCC1. The molecule has 0 radical (unpaired) electrons. The second-order valence-electron chi connectivity index (χ2n) is 4.91. The summed E-state index contributed by atoms with van der Waals surface area (Å²) in [5.74, 6) is 0.793. The fourth-order valence-corrected chi connectivity index (χ4v) is 2.63. The predicted molar refractivity (Wildman–Crippen MR) is 71.0 cm³/mol. The van der Waals surface area contributed by atoms with Crippen LogP contribution in [0.3, 0.4) is 0 Å². The van der Waals surface area contributed by atoms with Gasteiger partial charge in [0, 0.05) is 12.1 Å². The van der Waals surface area contributed by atoms with E-state index in [1.807, 2.05) is 18.2 Å². The van der Waals surface area contributed by atoms with E-state index in [-0.39, 0.29) is 5.91 Å². The quantitative estimate of drug-likeness (QED) is 0.839. The molecule has 0 heterocycles. The largest absolute Gasteiger partial charge is 0.326 e. The first-order valence-corrected chi connectivity index (χ1v) is 6.67. The van der Waals surface area contributed by atoms with Crippen molar-refractivity contribution in [2.24, 2.45) is 5.92 Å². The highest BCUT2D eigenvalue weighted by Gasteiger charge is 2.18. The van der Waals surface area contributed by atoms with E-state index in [4.69, 9.17) is 0 Å². The number of amides is 1. The molecule has 1 aliphatic carbocycles. The molecule has 1 amide bonds. The van der Waals surface area contributed by atoms with Gasteiger partial charge < -0.3 is 5.32 Å². The Balaban J connectivity index is 1.92. The van der Waals surface area contributed by atoms with E-state index in [1.54, 1.807) is 0 Å². The van der Waals surface area contributed by atoms with Crippen molar-refractivity contribution in [3.8, 4) is 0 Å². The van der Waals surface area contributed by atoms with Crippen LogP contribution in [0.25, 0.3) is 0 Å². The Kier molecular flexibility index (Phi) is 4.18. The van der Waals surface area contributed by atoms with Gasteiger partial charge in [-0.25, -0.2) is 0 Å². The molecule has 0 spiro atoms. The van der Waals surface area contributed by atoms with Crippen LogP contribution in [0.1, 0.15) is 44.6 Å². The van der Waals surface area contributed by atoms with Crippen LogP contribution < -0.4 is 5.32 Å². The normalized spacial score (nSPS) is 16.1. The second-order valence-corrected chi connectivity index (χ2v) is 4.91. The molecule has 2 nitrogen and oxygen atoms in total. The number of para-hydroxylation sites is 1. The van der Waals surface area contributed by atoms with Crippen molar-refractivity contribution in [1.29, 1.82) is 0 Å². The number of hydrogen-bond acceptors (Lipinski definition) is 1. The van der Waals surface area contributed by atoms with Gasteiger partial charge >= 0.3 is 0 Å². The molecule has 1 aliphatic rings. The van der Waals surface area contributed by atoms with Crippen LogP contribution in [-0.2, 0) is 11.2 Å². The van der Waals surface area contributed by atoms with Crippen molar-refractivity contribution in [2.75, 3.05) is 5.32 Å². The minimum absolute atomic E-state index is 0.179. The number of benzene rings is 1. The number of carbonyl (C=O) groups is 1. The van der Waals surface area contributed by atoms with Crippen LogP contribution in [0.2, 0.25) is 0 Å². The van der Waals surface area contributed by atoms with Gasteiger partial charge in [-0.1, -0.05) is 38.0 Å². The molecule has 1 N–H and O–H groups in total. The summed E-state index contributed by atoms with van der Waals surface area (Å²) in [6.45, 7) is 2.11. The minimum atomic E-state index is 0.179. The highest BCUT2D eigenvalue weighted by atomic mass is 16.1. The summed E-state index contributed by atoms with van der Waals surface area (Å²) < 4.78 is 0. The third-order valence-corrected chi connectivity index (χ3v) is 3.62. The lowest BCUT2D eigenvalue weighted by atomic mass is 10.0. The van der Waals surface area contributed by atoms with E-state index in [9.17, 15) is 4.79 Å². The summed E-state index contributed by atoms with van der Waals surface area (Å²) in [6.07, 6.45) is 6.69. The van der Waals surface area contributed by atoms with Gasteiger partial charge in [0.15, 0.2) is 0 Å². The number of rotatable bonds is 4. The Labute approximate surface area is 103 Å². The molecule has 1 aromatic rings. The molecule has 17 heavy (non-hydrogen) atoms. The third-order valence-electron chi connectivity index (χ3n) is 3.62. The molecule has 0 atom stereocenters. The average molecular weight is 231 g/mol. The molecular formula is C15H21NO. The Morgan fingerprint density at radius 2 is 2.00 bits per heavy atom. The predicted octanol–water partition coefficient (Wildman–Crippen LogP) is 3.77. The van der Waals surface area contributed by atoms with E-state index in [0.717, 1.165) is 12.1 Å². The van der Waals surface area contributed by atoms with Crippen LogP contribution in [0.4, 0.5) is 5.69 Å². The molecule has 0 saturated heterocycles. The molecule has 0 unspecified atom stereocenters. The second kappa shape index (κ2) is 5.85. The maximum atomic E-state index is 11.9. The summed E-state index contributed by atoms with van der Waals surface area (Å²) in [5.41, 5.74) is 2.20. The molecule has 0 bridgehead atoms. The molecule has 2 rings (SSSR count). The maximum absolute atomic E-state index is 11.9. The zero-order valence-electron chi connectivity index (χ0n) is 10.5. The average Bonchev–Trinajstić information content (AvgIpc) is 2.82. The summed E-state index contributed by atoms with van der Waals surface area (Å²) in [5, 5.41) is 3.05. The Bertz CT molecular complexity index is 380. The summed E-state index contributed by atoms with van der Waals surface area (Å²) >= 11 is 0. The number of hydrogen-bond donors (Lipinski definition) is 1. The Morgan fingerprint density at radius 3 is 2.71 bits per heavy atom. The highest BCUT2D eigenvalue weighted by molar-refractivity contribution is 5.91. The van der Waals surface area contributed by atoms with Crippen molar-refractivity contribution in [1.82, 2.24) is 0 Å². The lowest BCUT2D eigenvalue weighted by Gasteiger charge is -2.12. The van der Waals surface area contributed by atoms with Gasteiger partial charge in [-0.3, -0.25) is 4.79 Å². The first-order chi connectivity index (χ1) is 8.29. The number of carbonyl (C=O) groups excluding carboxylic acids is 1. The van der Waals surface area contributed by atoms with Crippen molar-refractivity contribution >= 4 is 11.6 Å². The van der Waals surface area contributed by atoms with E-state index < -0.39 is 0 Å². The molecular weight excluding hydrogens is 210 g/mol. The van der Waals surface area contributed by atoms with Crippen molar-refractivity contribution in [3.63, 3.8) is 0 Å². The lowest BCUT2D eigenvalue weighted by Crippen LogP contribution is -2.16. The molecule has 2 heteroatoms. The van der Waals surface area contributed by atoms with Gasteiger partial charge in [-0.15, -0.1) is 0 Å². The zero-order chi connectivity index (χ0) is 12.1. The molecule has 1 saturated carbocycles. The molecule has 1 aromatic carbocycles. The van der Waals surface area contributed by atoms with E-state index >= 15 is 0 Å². The molecule has 0 aromatic heterocycles. The summed E-state index contributed by atoms with van der Waals surface area (Å²) in [4.78, 5) is 11.9. The fourth-order valence-electron chi connectivity index (χ4n) is 2.63. The van der Waals surface area contributed by atoms with Gasteiger partial charge in [0.05, 0.1) is 0 Å². The van der Waals surface area contributed by atoms with Crippen LogP contribution >= 0.6 is 0 Å².